The van der Waals surface area contributed by atoms with Crippen molar-refractivity contribution in [2.24, 2.45) is 0 Å². The Morgan fingerprint density at radius 3 is 2.52 bits per heavy atom. The van der Waals surface area contributed by atoms with Crippen LogP contribution in [0.15, 0.2) is 42.5 Å². The molecule has 5 nitrogen and oxygen atoms in total. The molecule has 2 aromatic carbocycles. The van der Waals surface area contributed by atoms with Crippen LogP contribution in [0.4, 0.5) is 0 Å². The second-order valence-electron chi connectivity index (χ2n) is 7.84. The number of halogens is 2. The summed E-state index contributed by atoms with van der Waals surface area (Å²) in [6, 6.07) is 12.4. The Balaban J connectivity index is 2.18. The number of methoxy groups -OCH3 is 1. The number of ether oxygens (including phenoxy) is 1. The van der Waals surface area contributed by atoms with Crippen molar-refractivity contribution in [2.45, 2.75) is 58.0 Å². The average molecular weight is 512 g/mol. The van der Waals surface area contributed by atoms with Gasteiger partial charge in [0, 0.05) is 28.4 Å². The van der Waals surface area contributed by atoms with E-state index in [9.17, 15) is 9.59 Å². The van der Waals surface area contributed by atoms with Crippen molar-refractivity contribution in [2.75, 3.05) is 12.9 Å². The number of carbonyl (C=O) groups is 2. The first-order valence-electron chi connectivity index (χ1n) is 11.0. The molecule has 180 valence electrons. The molecule has 0 saturated carbocycles. The molecule has 2 amide bonds. The van der Waals surface area contributed by atoms with Gasteiger partial charge in [0.05, 0.1) is 12.9 Å². The fraction of sp³-hybridized carbons (Fsp3) is 0.440. The number of rotatable bonds is 12. The van der Waals surface area contributed by atoms with Gasteiger partial charge in [-0.05, 0) is 55.2 Å². The Morgan fingerprint density at radius 1 is 1.12 bits per heavy atom. The highest BCUT2D eigenvalue weighted by Crippen LogP contribution is 2.25. The van der Waals surface area contributed by atoms with Crippen LogP contribution in [0.3, 0.4) is 0 Å². The lowest BCUT2D eigenvalue weighted by Crippen LogP contribution is -2.51. The number of hydrogen-bond donors (Lipinski definition) is 1. The molecule has 0 unspecified atom stereocenters. The van der Waals surface area contributed by atoms with Gasteiger partial charge in [0.15, 0.2) is 0 Å². The van der Waals surface area contributed by atoms with Gasteiger partial charge in [0.25, 0.3) is 0 Å². The summed E-state index contributed by atoms with van der Waals surface area (Å²) in [5, 5.41) is 4.18. The summed E-state index contributed by atoms with van der Waals surface area (Å²) in [4.78, 5) is 28.0. The Morgan fingerprint density at radius 2 is 1.88 bits per heavy atom. The molecule has 0 aliphatic carbocycles. The zero-order chi connectivity index (χ0) is 24.4. The lowest BCUT2D eigenvalue weighted by Gasteiger charge is -2.31. The number of nitrogens with zero attached hydrogens (tertiary/aromatic N) is 1. The number of amides is 2. The highest BCUT2D eigenvalue weighted by atomic mass is 35.5. The van der Waals surface area contributed by atoms with Crippen LogP contribution in [0.5, 0.6) is 5.75 Å². The molecule has 2 aromatic rings. The first-order chi connectivity index (χ1) is 15.8. The molecule has 8 heteroatoms. The first-order valence-corrected chi connectivity index (χ1v) is 12.9. The van der Waals surface area contributed by atoms with Crippen LogP contribution < -0.4 is 10.1 Å². The van der Waals surface area contributed by atoms with Crippen LogP contribution in [0, 0.1) is 0 Å². The molecule has 0 saturated heterocycles. The van der Waals surface area contributed by atoms with E-state index < -0.39 is 6.04 Å². The van der Waals surface area contributed by atoms with E-state index in [2.05, 4.69) is 5.32 Å². The van der Waals surface area contributed by atoms with Gasteiger partial charge in [-0.15, -0.1) is 11.8 Å². The largest absolute Gasteiger partial charge is 0.497 e. The van der Waals surface area contributed by atoms with Crippen molar-refractivity contribution in [1.82, 2.24) is 10.2 Å². The fourth-order valence-corrected chi connectivity index (χ4v) is 4.77. The van der Waals surface area contributed by atoms with Crippen LogP contribution in [0.25, 0.3) is 0 Å². The molecule has 1 N–H and O–H groups in total. The zero-order valence-electron chi connectivity index (χ0n) is 19.6. The third kappa shape index (κ3) is 8.43. The lowest BCUT2D eigenvalue weighted by molar-refractivity contribution is -0.139. The van der Waals surface area contributed by atoms with Crippen molar-refractivity contribution in [3.63, 3.8) is 0 Å². The predicted octanol–water partition coefficient (Wildman–Crippen LogP) is 5.96. The van der Waals surface area contributed by atoms with Gasteiger partial charge in [-0.25, -0.2) is 0 Å². The minimum atomic E-state index is -0.558. The minimum absolute atomic E-state index is 0.0433. The van der Waals surface area contributed by atoms with Gasteiger partial charge in [0.1, 0.15) is 11.8 Å². The highest BCUT2D eigenvalue weighted by Gasteiger charge is 2.29. The Bertz CT molecular complexity index is 942. The van der Waals surface area contributed by atoms with Crippen LogP contribution >= 0.6 is 35.0 Å². The monoisotopic (exact) mass is 510 g/mol. The van der Waals surface area contributed by atoms with Crippen molar-refractivity contribution in [1.29, 1.82) is 0 Å². The van der Waals surface area contributed by atoms with Gasteiger partial charge < -0.3 is 15.0 Å². The maximum Gasteiger partial charge on any atom is 0.243 e. The molecule has 0 aliphatic rings. The molecule has 2 atom stereocenters. The molecular formula is C25H32Cl2N2O3S. The minimum Gasteiger partial charge on any atom is -0.497 e. The maximum absolute atomic E-state index is 13.3. The Labute approximate surface area is 211 Å². The number of benzene rings is 2. The van der Waals surface area contributed by atoms with Gasteiger partial charge in [-0.1, -0.05) is 55.2 Å². The van der Waals surface area contributed by atoms with Crippen LogP contribution in [0.2, 0.25) is 10.0 Å². The standard InChI is InChI=1S/C25H32Cl2N2O3S/c1-5-17(3)28-25(31)23(6-2)29(14-18-8-7-9-21(12-18)32-4)24(30)16-33-15-19-10-11-20(26)13-22(19)27/h7-13,17,23H,5-6,14-16H2,1-4H3,(H,28,31)/t17-,23+/m0/s1. The predicted molar refractivity (Wildman–Crippen MR) is 138 cm³/mol. The van der Waals surface area contributed by atoms with Crippen LogP contribution in [0.1, 0.15) is 44.7 Å². The molecule has 0 fully saturated rings. The molecule has 33 heavy (non-hydrogen) atoms. The van der Waals surface area contributed by atoms with E-state index in [1.165, 1.54) is 11.8 Å². The second kappa shape index (κ2) is 13.7. The molecule has 0 spiro atoms. The lowest BCUT2D eigenvalue weighted by atomic mass is 10.1. The van der Waals surface area contributed by atoms with E-state index in [0.29, 0.717) is 34.5 Å². The van der Waals surface area contributed by atoms with E-state index in [1.807, 2.05) is 51.1 Å². The molecule has 0 radical (unpaired) electrons. The Kier molecular flexibility index (Phi) is 11.4. The van der Waals surface area contributed by atoms with Crippen molar-refractivity contribution < 1.29 is 14.3 Å². The normalized spacial score (nSPS) is 12.7. The summed E-state index contributed by atoms with van der Waals surface area (Å²) >= 11 is 13.7. The van der Waals surface area contributed by atoms with E-state index >= 15 is 0 Å². The smallest absolute Gasteiger partial charge is 0.243 e. The molecule has 2 rings (SSSR count). The number of nitrogens with one attached hydrogen (secondary N) is 1. The summed E-state index contributed by atoms with van der Waals surface area (Å²) in [5.74, 6) is 1.29. The summed E-state index contributed by atoms with van der Waals surface area (Å²) in [5.41, 5.74) is 1.82. The quantitative estimate of drug-likeness (QED) is 0.382. The maximum atomic E-state index is 13.3. The third-order valence-electron chi connectivity index (χ3n) is 5.37. The molecule has 0 aliphatic heterocycles. The summed E-state index contributed by atoms with van der Waals surface area (Å²) in [6.45, 7) is 6.23. The fourth-order valence-electron chi connectivity index (χ4n) is 3.30. The number of hydrogen-bond acceptors (Lipinski definition) is 4. The summed E-state index contributed by atoms with van der Waals surface area (Å²) in [7, 11) is 1.61. The Hall–Kier alpha value is -1.89. The number of thioether (sulfide) groups is 1. The summed E-state index contributed by atoms with van der Waals surface area (Å²) < 4.78 is 5.32. The van der Waals surface area contributed by atoms with E-state index in [0.717, 1.165) is 17.5 Å². The van der Waals surface area contributed by atoms with Crippen LogP contribution in [-0.2, 0) is 21.9 Å². The van der Waals surface area contributed by atoms with Crippen molar-refractivity contribution in [3.8, 4) is 5.75 Å². The van der Waals surface area contributed by atoms with Gasteiger partial charge >= 0.3 is 0 Å². The zero-order valence-corrected chi connectivity index (χ0v) is 21.9. The van der Waals surface area contributed by atoms with Gasteiger partial charge in [-0.3, -0.25) is 9.59 Å². The molecule has 0 heterocycles. The summed E-state index contributed by atoms with van der Waals surface area (Å²) in [6.07, 6.45) is 1.34. The molecular weight excluding hydrogens is 479 g/mol. The first kappa shape index (κ1) is 27.4. The van der Waals surface area contributed by atoms with E-state index in [4.69, 9.17) is 27.9 Å². The topological polar surface area (TPSA) is 58.6 Å². The third-order valence-corrected chi connectivity index (χ3v) is 6.93. The molecule has 0 aromatic heterocycles. The second-order valence-corrected chi connectivity index (χ2v) is 9.67. The van der Waals surface area contributed by atoms with Gasteiger partial charge in [-0.2, -0.15) is 0 Å². The van der Waals surface area contributed by atoms with Gasteiger partial charge in [0.2, 0.25) is 11.8 Å². The van der Waals surface area contributed by atoms with E-state index in [1.54, 1.807) is 24.1 Å². The van der Waals surface area contributed by atoms with Crippen LogP contribution in [-0.4, -0.2) is 41.7 Å². The van der Waals surface area contributed by atoms with Crippen molar-refractivity contribution >= 4 is 46.8 Å². The number of carbonyl (C=O) groups excluding carboxylic acids is 2. The van der Waals surface area contributed by atoms with E-state index in [-0.39, 0.29) is 23.6 Å². The molecule has 0 bridgehead atoms. The average Bonchev–Trinajstić information content (AvgIpc) is 2.80. The SMILES string of the molecule is CC[C@H](C(=O)N[C@@H](C)CC)N(Cc1cccc(OC)c1)C(=O)CSCc1ccc(Cl)cc1Cl. The van der Waals surface area contributed by atoms with Crippen molar-refractivity contribution in [3.05, 3.63) is 63.6 Å². The highest BCUT2D eigenvalue weighted by molar-refractivity contribution is 7.99.